The highest BCUT2D eigenvalue weighted by Gasteiger charge is 2.21. The van der Waals surface area contributed by atoms with Crippen molar-refractivity contribution in [3.63, 3.8) is 0 Å². The van der Waals surface area contributed by atoms with E-state index in [9.17, 15) is 0 Å². The van der Waals surface area contributed by atoms with Gasteiger partial charge in [-0.05, 0) is 91.3 Å². The van der Waals surface area contributed by atoms with Crippen LogP contribution in [0.3, 0.4) is 0 Å². The van der Waals surface area contributed by atoms with Crippen LogP contribution in [0.5, 0.6) is 0 Å². The molecule has 1 atom stereocenters. The molecule has 0 amide bonds. The highest BCUT2D eigenvalue weighted by Crippen LogP contribution is 2.34. The lowest BCUT2D eigenvalue weighted by Crippen LogP contribution is -2.00. The van der Waals surface area contributed by atoms with Gasteiger partial charge in [-0.3, -0.25) is 17.9 Å². The average Bonchev–Trinajstić information content (AvgIpc) is 3.81. The Balaban J connectivity index is 1.27. The van der Waals surface area contributed by atoms with Gasteiger partial charge in [0.15, 0.2) is 0 Å². The summed E-state index contributed by atoms with van der Waals surface area (Å²) in [7, 11) is 0. The van der Waals surface area contributed by atoms with Crippen LogP contribution in [0.15, 0.2) is 109 Å². The summed E-state index contributed by atoms with van der Waals surface area (Å²) in [4.78, 5) is 10.3. The molecule has 9 rings (SSSR count). The third-order valence-electron chi connectivity index (χ3n) is 8.64. The second kappa shape index (κ2) is 9.32. The molecular formula is C38H32N6. The van der Waals surface area contributed by atoms with E-state index in [1.54, 1.807) is 6.07 Å². The van der Waals surface area contributed by atoms with Crippen molar-refractivity contribution in [2.75, 3.05) is 0 Å². The second-order valence-corrected chi connectivity index (χ2v) is 11.4. The first-order chi connectivity index (χ1) is 23.9. The van der Waals surface area contributed by atoms with Gasteiger partial charge < -0.3 is 0 Å². The molecule has 0 N–H and O–H groups in total. The SMILES string of the molecule is [2H]C([2H])([2H])C([2H])(C)C([2H])([2H])Cc1cccc2c1nc1n(-c3cccc(-n4c5ccccc5n5c6cccc(C)c6nc45)c3)c3ccccc3n21. The first kappa shape index (κ1) is 19.8. The summed E-state index contributed by atoms with van der Waals surface area (Å²) in [6, 6.07) is 36.5. The summed E-state index contributed by atoms with van der Waals surface area (Å²) < 4.78 is 58.1. The molecule has 6 heteroatoms. The molecule has 44 heavy (non-hydrogen) atoms. The molecule has 0 spiro atoms. The molecule has 5 aromatic carbocycles. The van der Waals surface area contributed by atoms with Crippen LogP contribution < -0.4 is 0 Å². The van der Waals surface area contributed by atoms with E-state index in [0.717, 1.165) is 68.3 Å². The summed E-state index contributed by atoms with van der Waals surface area (Å²) in [6.07, 6.45) is -2.63. The van der Waals surface area contributed by atoms with Crippen molar-refractivity contribution >= 4 is 55.7 Å². The van der Waals surface area contributed by atoms with Gasteiger partial charge in [-0.25, -0.2) is 9.97 Å². The standard InChI is InChI=1S/C38H32N6/c1-24(2)21-22-26-12-9-20-34-36(26)40-38-42(30-16-5-7-18-32(30)44(34)38)28-14-10-13-27(23-28)41-29-15-4-6-17-31(29)43-33-19-8-11-25(3)35(33)39-37(41)43/h4-20,23-24H,21-22H2,1-3H3/i1D3,21D2,24D. The molecule has 6 nitrogen and oxygen atoms in total. The van der Waals surface area contributed by atoms with Crippen molar-refractivity contribution < 1.29 is 8.22 Å². The molecule has 1 unspecified atom stereocenters. The molecular weight excluding hydrogens is 540 g/mol. The second-order valence-electron chi connectivity index (χ2n) is 11.4. The fourth-order valence-electron chi connectivity index (χ4n) is 6.70. The van der Waals surface area contributed by atoms with Crippen molar-refractivity contribution in [3.05, 3.63) is 120 Å². The highest BCUT2D eigenvalue weighted by molar-refractivity contribution is 5.95. The maximum Gasteiger partial charge on any atom is 0.220 e. The molecule has 0 aliphatic carbocycles. The Kier molecular flexibility index (Phi) is 4.18. The predicted octanol–water partition coefficient (Wildman–Crippen LogP) is 9.07. The molecule has 0 saturated carbocycles. The average molecular weight is 579 g/mol. The van der Waals surface area contributed by atoms with Crippen molar-refractivity contribution in [3.8, 4) is 11.4 Å². The van der Waals surface area contributed by atoms with Crippen molar-refractivity contribution in [1.29, 1.82) is 0 Å². The van der Waals surface area contributed by atoms with E-state index in [-0.39, 0.29) is 6.42 Å². The zero-order valence-electron chi connectivity index (χ0n) is 30.3. The van der Waals surface area contributed by atoms with Crippen molar-refractivity contribution in [2.24, 2.45) is 5.89 Å². The van der Waals surface area contributed by atoms with E-state index in [2.05, 4.69) is 73.4 Å². The predicted molar refractivity (Wildman–Crippen MR) is 181 cm³/mol. The van der Waals surface area contributed by atoms with Crippen LogP contribution in [0.2, 0.25) is 0 Å². The maximum absolute atomic E-state index is 8.73. The van der Waals surface area contributed by atoms with Crippen molar-refractivity contribution in [1.82, 2.24) is 27.9 Å². The number of aryl methyl sites for hydroxylation is 2. The van der Waals surface area contributed by atoms with Gasteiger partial charge in [0, 0.05) is 8.22 Å². The summed E-state index contributed by atoms with van der Waals surface area (Å²) in [5, 5.41) is 0. The normalized spacial score (nSPS) is 16.3. The molecule has 4 aromatic heterocycles. The molecule has 0 aliphatic heterocycles. The Bertz CT molecular complexity index is 2810. The number of rotatable bonds is 5. The van der Waals surface area contributed by atoms with Gasteiger partial charge in [-0.2, -0.15) is 0 Å². The van der Waals surface area contributed by atoms with Gasteiger partial charge >= 0.3 is 0 Å². The van der Waals surface area contributed by atoms with Gasteiger partial charge in [0.1, 0.15) is 0 Å². The van der Waals surface area contributed by atoms with Gasteiger partial charge in [-0.15, -0.1) is 0 Å². The quantitative estimate of drug-likeness (QED) is 0.204. The fraction of sp³-hybridized carbons (Fsp3) is 0.158. The van der Waals surface area contributed by atoms with Crippen LogP contribution in [0.25, 0.3) is 67.1 Å². The highest BCUT2D eigenvalue weighted by atomic mass is 15.2. The van der Waals surface area contributed by atoms with Crippen LogP contribution in [0.1, 0.15) is 39.5 Å². The van der Waals surface area contributed by atoms with Crippen LogP contribution in [0.4, 0.5) is 0 Å². The molecule has 0 saturated heterocycles. The van der Waals surface area contributed by atoms with Gasteiger partial charge in [0.25, 0.3) is 0 Å². The van der Waals surface area contributed by atoms with Gasteiger partial charge in [0.05, 0.1) is 55.5 Å². The zero-order valence-corrected chi connectivity index (χ0v) is 24.3. The smallest absolute Gasteiger partial charge is 0.220 e. The van der Waals surface area contributed by atoms with E-state index < -0.39 is 19.1 Å². The maximum atomic E-state index is 8.73. The number of hydrogen-bond donors (Lipinski definition) is 0. The van der Waals surface area contributed by atoms with Crippen LogP contribution in [-0.4, -0.2) is 27.9 Å². The number of nitrogens with zero attached hydrogens (tertiary/aromatic N) is 6. The van der Waals surface area contributed by atoms with E-state index in [0.29, 0.717) is 16.9 Å². The summed E-state index contributed by atoms with van der Waals surface area (Å²) >= 11 is 0. The third-order valence-corrected chi connectivity index (χ3v) is 8.64. The molecule has 0 bridgehead atoms. The minimum absolute atomic E-state index is 0.273. The fourth-order valence-corrected chi connectivity index (χ4v) is 6.70. The van der Waals surface area contributed by atoms with Crippen LogP contribution in [0, 0.1) is 12.8 Å². The van der Waals surface area contributed by atoms with Gasteiger partial charge in [0.2, 0.25) is 11.6 Å². The Hall–Kier alpha value is -5.36. The van der Waals surface area contributed by atoms with Crippen molar-refractivity contribution in [2.45, 2.75) is 33.5 Å². The number of hydrogen-bond acceptors (Lipinski definition) is 2. The molecule has 0 radical (unpaired) electrons. The van der Waals surface area contributed by atoms with Crippen LogP contribution >= 0.6 is 0 Å². The first-order valence-corrected chi connectivity index (χ1v) is 14.7. The van der Waals surface area contributed by atoms with E-state index in [1.165, 1.54) is 0 Å². The summed E-state index contributed by atoms with van der Waals surface area (Å²) in [6.45, 7) is 0.421. The summed E-state index contributed by atoms with van der Waals surface area (Å²) in [5.41, 5.74) is 10.8. The van der Waals surface area contributed by atoms with Gasteiger partial charge in [-0.1, -0.05) is 68.4 Å². The van der Waals surface area contributed by atoms with Crippen LogP contribution in [-0.2, 0) is 6.42 Å². The third kappa shape index (κ3) is 3.48. The topological polar surface area (TPSA) is 44.5 Å². The number of benzene rings is 5. The lowest BCUT2D eigenvalue weighted by Gasteiger charge is -2.10. The molecule has 4 heterocycles. The lowest BCUT2D eigenvalue weighted by molar-refractivity contribution is 0.588. The minimum atomic E-state index is -2.81. The summed E-state index contributed by atoms with van der Waals surface area (Å²) in [5.74, 6) is -0.864. The number of imidazole rings is 4. The number of fused-ring (bicyclic) bond motifs is 10. The Morgan fingerprint density at radius 2 is 1.18 bits per heavy atom. The Morgan fingerprint density at radius 1 is 0.659 bits per heavy atom. The molecule has 0 fully saturated rings. The zero-order chi connectivity index (χ0) is 34.7. The Labute approximate surface area is 262 Å². The largest absolute Gasteiger partial charge is 0.278 e. The van der Waals surface area contributed by atoms with E-state index in [1.807, 2.05) is 54.6 Å². The molecule has 214 valence electrons. The molecule has 0 aliphatic rings. The lowest BCUT2D eigenvalue weighted by atomic mass is 10.0. The molecule has 9 aromatic rings. The first-order valence-electron chi connectivity index (χ1n) is 17.7. The van der Waals surface area contributed by atoms with E-state index >= 15 is 0 Å². The monoisotopic (exact) mass is 578 g/mol. The number of para-hydroxylation sites is 6. The number of aromatic nitrogens is 6. The Morgan fingerprint density at radius 3 is 1.82 bits per heavy atom. The minimum Gasteiger partial charge on any atom is -0.278 e. The van der Waals surface area contributed by atoms with E-state index in [4.69, 9.17) is 18.2 Å².